The van der Waals surface area contributed by atoms with Crippen LogP contribution in [0.1, 0.15) is 38.3 Å². The molecule has 2 heterocycles. The Morgan fingerprint density at radius 2 is 1.85 bits per heavy atom. The number of hydrogen-bond acceptors (Lipinski definition) is 4. The lowest BCUT2D eigenvalue weighted by atomic mass is 10.1. The van der Waals surface area contributed by atoms with Crippen LogP contribution in [-0.4, -0.2) is 22.1 Å². The second kappa shape index (κ2) is 8.98. The molecule has 5 rings (SSSR count). The minimum absolute atomic E-state index is 0.0450. The van der Waals surface area contributed by atoms with Crippen molar-refractivity contribution < 1.29 is 14.3 Å². The Hall–Kier alpha value is -3.80. The Balaban J connectivity index is 1.29. The second-order valence-corrected chi connectivity index (χ2v) is 8.64. The van der Waals surface area contributed by atoms with Crippen LogP contribution in [0.4, 0.5) is 0 Å². The number of ether oxygens (including phenoxy) is 2. The van der Waals surface area contributed by atoms with Crippen LogP contribution in [-0.2, 0) is 4.79 Å². The molecule has 0 saturated heterocycles. The van der Waals surface area contributed by atoms with Crippen LogP contribution in [0.5, 0.6) is 17.2 Å². The molecule has 1 atom stereocenters. The SMILES string of the molecule is CC(=O)NC(C)c1ccn2nc(-c3ccc(Oc4cccc(OCC5CC5)c4)cc3)cc2c1. The Labute approximate surface area is 193 Å². The van der Waals surface area contributed by atoms with Crippen LogP contribution in [0.15, 0.2) is 72.9 Å². The predicted octanol–water partition coefficient (Wildman–Crippen LogP) is 5.78. The monoisotopic (exact) mass is 441 g/mol. The van der Waals surface area contributed by atoms with Crippen molar-refractivity contribution in [1.82, 2.24) is 14.9 Å². The molecule has 0 bridgehead atoms. The normalized spacial score (nSPS) is 14.1. The first-order valence-corrected chi connectivity index (χ1v) is 11.3. The standard InChI is InChI=1S/C27H27N3O3/c1-18(28-19(2)31)22-12-13-30-23(14-22)15-27(29-30)21-8-10-24(11-9-21)33-26-5-3-4-25(16-26)32-17-20-6-7-20/h3-5,8-16,18,20H,6-7,17H2,1-2H3,(H,28,31). The van der Waals surface area contributed by atoms with Crippen molar-refractivity contribution in [2.45, 2.75) is 32.7 Å². The highest BCUT2D eigenvalue weighted by Gasteiger charge is 2.21. The number of fused-ring (bicyclic) bond motifs is 1. The molecule has 1 fully saturated rings. The number of amides is 1. The highest BCUT2D eigenvalue weighted by Crippen LogP contribution is 2.31. The molecule has 0 spiro atoms. The molecule has 1 aliphatic carbocycles. The van der Waals surface area contributed by atoms with Gasteiger partial charge in [0.15, 0.2) is 0 Å². The molecule has 1 aliphatic rings. The van der Waals surface area contributed by atoms with E-state index in [1.54, 1.807) is 0 Å². The van der Waals surface area contributed by atoms with Crippen molar-refractivity contribution in [2.24, 2.45) is 5.92 Å². The van der Waals surface area contributed by atoms with Gasteiger partial charge in [-0.25, -0.2) is 4.52 Å². The van der Waals surface area contributed by atoms with Gasteiger partial charge in [-0.15, -0.1) is 0 Å². The van der Waals surface area contributed by atoms with Crippen molar-refractivity contribution >= 4 is 11.4 Å². The maximum Gasteiger partial charge on any atom is 0.217 e. The van der Waals surface area contributed by atoms with E-state index in [0.29, 0.717) is 5.92 Å². The van der Waals surface area contributed by atoms with Gasteiger partial charge in [-0.05, 0) is 85.8 Å². The fraction of sp³-hybridized carbons (Fsp3) is 0.259. The largest absolute Gasteiger partial charge is 0.493 e. The lowest BCUT2D eigenvalue weighted by Gasteiger charge is -2.12. The number of pyridine rings is 1. The summed E-state index contributed by atoms with van der Waals surface area (Å²) in [5.74, 6) is 3.02. The molecular formula is C27H27N3O3. The van der Waals surface area contributed by atoms with Gasteiger partial charge in [0.1, 0.15) is 17.2 Å². The summed E-state index contributed by atoms with van der Waals surface area (Å²) in [6.07, 6.45) is 4.46. The summed E-state index contributed by atoms with van der Waals surface area (Å²) in [7, 11) is 0. The van der Waals surface area contributed by atoms with Crippen molar-refractivity contribution in [1.29, 1.82) is 0 Å². The molecule has 1 unspecified atom stereocenters. The molecule has 0 aliphatic heterocycles. The van der Waals surface area contributed by atoms with Crippen LogP contribution in [0, 0.1) is 5.92 Å². The first-order valence-electron chi connectivity index (χ1n) is 11.3. The molecule has 4 aromatic rings. The molecule has 33 heavy (non-hydrogen) atoms. The number of hydrogen-bond donors (Lipinski definition) is 1. The molecule has 1 amide bonds. The van der Waals surface area contributed by atoms with Gasteiger partial charge in [-0.1, -0.05) is 6.07 Å². The number of carbonyl (C=O) groups excluding carboxylic acids is 1. The van der Waals surface area contributed by atoms with E-state index < -0.39 is 0 Å². The Bertz CT molecular complexity index is 1280. The van der Waals surface area contributed by atoms with Gasteiger partial charge in [-0.3, -0.25) is 4.79 Å². The first-order chi connectivity index (χ1) is 16.0. The third kappa shape index (κ3) is 5.17. The molecule has 0 radical (unpaired) electrons. The van der Waals surface area contributed by atoms with Gasteiger partial charge >= 0.3 is 0 Å². The van der Waals surface area contributed by atoms with E-state index in [1.165, 1.54) is 19.8 Å². The number of aromatic nitrogens is 2. The van der Waals surface area contributed by atoms with Crippen LogP contribution in [0.2, 0.25) is 0 Å². The predicted molar refractivity (Wildman–Crippen MR) is 128 cm³/mol. The average Bonchev–Trinajstić information content (AvgIpc) is 3.54. The zero-order valence-electron chi connectivity index (χ0n) is 18.8. The van der Waals surface area contributed by atoms with Crippen molar-refractivity contribution in [3.63, 3.8) is 0 Å². The highest BCUT2D eigenvalue weighted by molar-refractivity contribution is 5.73. The van der Waals surface area contributed by atoms with Crippen molar-refractivity contribution in [2.75, 3.05) is 6.61 Å². The number of nitrogens with zero attached hydrogens (tertiary/aromatic N) is 2. The first kappa shape index (κ1) is 21.1. The van der Waals surface area contributed by atoms with Gasteiger partial charge in [0.05, 0.1) is 23.9 Å². The van der Waals surface area contributed by atoms with Crippen LogP contribution < -0.4 is 14.8 Å². The molecule has 6 nitrogen and oxygen atoms in total. The maximum absolute atomic E-state index is 11.4. The lowest BCUT2D eigenvalue weighted by Crippen LogP contribution is -2.23. The molecule has 168 valence electrons. The summed E-state index contributed by atoms with van der Waals surface area (Å²) in [5, 5.41) is 7.60. The van der Waals surface area contributed by atoms with Crippen LogP contribution in [0.3, 0.4) is 0 Å². The van der Waals surface area contributed by atoms with E-state index in [1.807, 2.05) is 84.4 Å². The Morgan fingerprint density at radius 1 is 1.06 bits per heavy atom. The quantitative estimate of drug-likeness (QED) is 0.376. The van der Waals surface area contributed by atoms with Crippen molar-refractivity contribution in [3.05, 3.63) is 78.5 Å². The molecule has 2 aromatic heterocycles. The zero-order valence-corrected chi connectivity index (χ0v) is 18.8. The van der Waals surface area contributed by atoms with Crippen LogP contribution in [0.25, 0.3) is 16.8 Å². The molecular weight excluding hydrogens is 414 g/mol. The van der Waals surface area contributed by atoms with E-state index >= 15 is 0 Å². The van der Waals surface area contributed by atoms with Gasteiger partial charge in [0.2, 0.25) is 5.91 Å². The third-order valence-electron chi connectivity index (χ3n) is 5.78. The summed E-state index contributed by atoms with van der Waals surface area (Å²) >= 11 is 0. The fourth-order valence-electron chi connectivity index (χ4n) is 3.77. The zero-order chi connectivity index (χ0) is 22.8. The number of carbonyl (C=O) groups is 1. The second-order valence-electron chi connectivity index (χ2n) is 8.64. The van der Waals surface area contributed by atoms with Gasteiger partial charge in [-0.2, -0.15) is 5.10 Å². The minimum atomic E-state index is -0.0557. The Morgan fingerprint density at radius 3 is 2.61 bits per heavy atom. The van der Waals surface area contributed by atoms with E-state index in [9.17, 15) is 4.79 Å². The summed E-state index contributed by atoms with van der Waals surface area (Å²) < 4.78 is 13.7. The van der Waals surface area contributed by atoms with E-state index in [4.69, 9.17) is 9.47 Å². The lowest BCUT2D eigenvalue weighted by molar-refractivity contribution is -0.119. The molecule has 1 N–H and O–H groups in total. The van der Waals surface area contributed by atoms with E-state index in [2.05, 4.69) is 10.4 Å². The summed E-state index contributed by atoms with van der Waals surface area (Å²) in [6.45, 7) is 4.28. The summed E-state index contributed by atoms with van der Waals surface area (Å²) in [6, 6.07) is 21.7. The fourth-order valence-corrected chi connectivity index (χ4v) is 3.77. The van der Waals surface area contributed by atoms with Gasteiger partial charge < -0.3 is 14.8 Å². The smallest absolute Gasteiger partial charge is 0.217 e. The minimum Gasteiger partial charge on any atom is -0.493 e. The summed E-state index contributed by atoms with van der Waals surface area (Å²) in [5.41, 5.74) is 3.89. The Kier molecular flexibility index (Phi) is 5.73. The molecule has 6 heteroatoms. The summed E-state index contributed by atoms with van der Waals surface area (Å²) in [4.78, 5) is 11.4. The topological polar surface area (TPSA) is 64.9 Å². The number of nitrogens with one attached hydrogen (secondary N) is 1. The van der Waals surface area contributed by atoms with Gasteiger partial charge in [0, 0.05) is 24.8 Å². The van der Waals surface area contributed by atoms with Crippen LogP contribution >= 0.6 is 0 Å². The number of rotatable bonds is 8. The van der Waals surface area contributed by atoms with Gasteiger partial charge in [0.25, 0.3) is 0 Å². The third-order valence-corrected chi connectivity index (χ3v) is 5.78. The molecule has 1 saturated carbocycles. The number of benzene rings is 2. The maximum atomic E-state index is 11.4. The highest BCUT2D eigenvalue weighted by atomic mass is 16.5. The van der Waals surface area contributed by atoms with E-state index in [0.717, 1.165) is 46.2 Å². The van der Waals surface area contributed by atoms with Crippen molar-refractivity contribution in [3.8, 4) is 28.5 Å². The average molecular weight is 442 g/mol. The van der Waals surface area contributed by atoms with E-state index in [-0.39, 0.29) is 11.9 Å². The molecule has 2 aromatic carbocycles.